The molecule has 4 rings (SSSR count). The molecule has 2 aliphatic heterocycles. The van der Waals surface area contributed by atoms with Gasteiger partial charge in [-0.15, -0.1) is 0 Å². The van der Waals surface area contributed by atoms with Crippen LogP contribution < -0.4 is 14.2 Å². The van der Waals surface area contributed by atoms with E-state index in [4.69, 9.17) is 30.5 Å². The number of Topliss-reactive ketones (excluding diaryl/α,β-unsaturated/α-hetero) is 2. The van der Waals surface area contributed by atoms with Gasteiger partial charge in [0, 0.05) is 21.7 Å². The topological polar surface area (TPSA) is 71.1 Å². The van der Waals surface area contributed by atoms with Crippen molar-refractivity contribution in [2.45, 2.75) is 20.5 Å². The minimum Gasteiger partial charge on any atom is -0.485 e. The lowest BCUT2D eigenvalue weighted by atomic mass is 10.0. The second-order valence-electron chi connectivity index (χ2n) is 6.59. The Balaban J connectivity index is 1.69. The normalized spacial score (nSPS) is 16.2. The number of rotatable bonds is 4. The zero-order valence-corrected chi connectivity index (χ0v) is 16.1. The Morgan fingerprint density at radius 2 is 2.11 bits per heavy atom. The molecule has 0 N–H and O–H groups in total. The molecule has 0 aliphatic carbocycles. The zero-order valence-electron chi connectivity index (χ0n) is 15.3. The predicted octanol–water partition coefficient (Wildman–Crippen LogP) is 4.10. The number of ether oxygens (including phenoxy) is 4. The highest BCUT2D eigenvalue weighted by Gasteiger charge is 2.31. The number of benzene rings is 2. The molecule has 28 heavy (non-hydrogen) atoms. The molecule has 7 heteroatoms. The van der Waals surface area contributed by atoms with E-state index in [1.807, 2.05) is 0 Å². The van der Waals surface area contributed by atoms with Gasteiger partial charge in [0.2, 0.25) is 5.78 Å². The van der Waals surface area contributed by atoms with Crippen molar-refractivity contribution in [3.05, 3.63) is 57.3 Å². The second-order valence-corrected chi connectivity index (χ2v) is 7.03. The minimum absolute atomic E-state index is 0.0374. The largest absolute Gasteiger partial charge is 0.485 e. The summed E-state index contributed by atoms with van der Waals surface area (Å²) in [6, 6.07) is 6.79. The van der Waals surface area contributed by atoms with E-state index >= 15 is 0 Å². The van der Waals surface area contributed by atoms with E-state index in [1.54, 1.807) is 37.3 Å². The van der Waals surface area contributed by atoms with E-state index in [9.17, 15) is 9.59 Å². The van der Waals surface area contributed by atoms with Crippen LogP contribution in [0.2, 0.25) is 5.02 Å². The van der Waals surface area contributed by atoms with E-state index in [1.165, 1.54) is 6.92 Å². The average molecular weight is 401 g/mol. The number of allylic oxidation sites excluding steroid dienone is 1. The first kappa shape index (κ1) is 18.5. The van der Waals surface area contributed by atoms with Crippen molar-refractivity contribution < 1.29 is 28.5 Å². The molecule has 0 radical (unpaired) electrons. The lowest BCUT2D eigenvalue weighted by molar-refractivity contribution is -0.118. The monoisotopic (exact) mass is 400 g/mol. The molecule has 0 aromatic heterocycles. The van der Waals surface area contributed by atoms with Crippen LogP contribution in [0.15, 0.2) is 30.0 Å². The van der Waals surface area contributed by atoms with Crippen molar-refractivity contribution >= 4 is 29.2 Å². The average Bonchev–Trinajstić information content (AvgIpc) is 2.98. The Morgan fingerprint density at radius 1 is 1.29 bits per heavy atom. The summed E-state index contributed by atoms with van der Waals surface area (Å²) in [6.45, 7) is 3.71. The first-order valence-corrected chi connectivity index (χ1v) is 9.05. The Labute approximate surface area is 166 Å². The minimum atomic E-state index is -0.239. The van der Waals surface area contributed by atoms with Crippen molar-refractivity contribution in [1.82, 2.24) is 0 Å². The van der Waals surface area contributed by atoms with Gasteiger partial charge >= 0.3 is 0 Å². The van der Waals surface area contributed by atoms with E-state index in [0.29, 0.717) is 45.6 Å². The maximum absolute atomic E-state index is 12.8. The molecule has 6 nitrogen and oxygen atoms in total. The van der Waals surface area contributed by atoms with Gasteiger partial charge in [-0.2, -0.15) is 0 Å². The van der Waals surface area contributed by atoms with Crippen LogP contribution in [0.1, 0.15) is 34.0 Å². The van der Waals surface area contributed by atoms with Gasteiger partial charge in [-0.1, -0.05) is 11.6 Å². The molecular formula is C21H17ClO6. The summed E-state index contributed by atoms with van der Waals surface area (Å²) < 4.78 is 22.2. The summed E-state index contributed by atoms with van der Waals surface area (Å²) in [5.74, 6) is 1.39. The van der Waals surface area contributed by atoms with Gasteiger partial charge < -0.3 is 18.9 Å². The first-order chi connectivity index (χ1) is 13.4. The van der Waals surface area contributed by atoms with Gasteiger partial charge in [0.15, 0.2) is 18.3 Å². The fraction of sp³-hybridized carbons (Fsp3) is 0.238. The molecule has 0 amide bonds. The molecule has 0 fully saturated rings. The molecule has 0 unspecified atom stereocenters. The lowest BCUT2D eigenvalue weighted by Gasteiger charge is -2.20. The summed E-state index contributed by atoms with van der Waals surface area (Å²) in [4.78, 5) is 24.0. The molecule has 0 bridgehead atoms. The van der Waals surface area contributed by atoms with Gasteiger partial charge in [-0.25, -0.2) is 0 Å². The summed E-state index contributed by atoms with van der Waals surface area (Å²) >= 11 is 6.19. The third-order valence-electron chi connectivity index (χ3n) is 4.46. The third kappa shape index (κ3) is 3.37. The zero-order chi connectivity index (χ0) is 19.8. The van der Waals surface area contributed by atoms with Crippen molar-refractivity contribution in [2.24, 2.45) is 0 Å². The van der Waals surface area contributed by atoms with E-state index in [0.717, 1.165) is 5.56 Å². The maximum atomic E-state index is 12.8. The third-order valence-corrected chi connectivity index (χ3v) is 4.68. The van der Waals surface area contributed by atoms with E-state index < -0.39 is 0 Å². The van der Waals surface area contributed by atoms with Crippen LogP contribution in [0.3, 0.4) is 0 Å². The maximum Gasteiger partial charge on any atom is 0.231 e. The highest BCUT2D eigenvalue weighted by atomic mass is 35.5. The van der Waals surface area contributed by atoms with Crippen molar-refractivity contribution in [3.8, 4) is 17.2 Å². The van der Waals surface area contributed by atoms with E-state index in [2.05, 4.69) is 0 Å². The van der Waals surface area contributed by atoms with Gasteiger partial charge in [0.25, 0.3) is 0 Å². The van der Waals surface area contributed by atoms with Crippen LogP contribution >= 0.6 is 11.6 Å². The Kier molecular flexibility index (Phi) is 4.83. The number of hydrogen-bond acceptors (Lipinski definition) is 6. The van der Waals surface area contributed by atoms with Gasteiger partial charge in [0.1, 0.15) is 23.9 Å². The number of carbonyl (C=O) groups is 2. The summed E-state index contributed by atoms with van der Waals surface area (Å²) in [5, 5.41) is 0.513. The standard InChI is InChI=1S/C21H17ClO6/c1-11(23)8-26-17-4-3-16-19(24)18(28-20(16)12(17)2)7-13-5-15(22)6-14-9-25-10-27-21(13)14/h3-7H,8-10H2,1-2H3/b18-7-. The molecule has 0 spiro atoms. The molecule has 144 valence electrons. The molecule has 2 aromatic carbocycles. The van der Waals surface area contributed by atoms with Gasteiger partial charge in [0.05, 0.1) is 12.2 Å². The van der Waals surface area contributed by atoms with Crippen LogP contribution in [-0.2, 0) is 16.1 Å². The Bertz CT molecular complexity index is 1020. The molecule has 0 saturated heterocycles. The molecule has 2 heterocycles. The first-order valence-electron chi connectivity index (χ1n) is 8.67. The second kappa shape index (κ2) is 7.30. The molecule has 0 saturated carbocycles. The number of fused-ring (bicyclic) bond motifs is 2. The lowest BCUT2D eigenvalue weighted by Crippen LogP contribution is -2.12. The van der Waals surface area contributed by atoms with Crippen molar-refractivity contribution in [2.75, 3.05) is 13.4 Å². The van der Waals surface area contributed by atoms with Gasteiger partial charge in [-0.3, -0.25) is 9.59 Å². The molecule has 2 aliphatic rings. The van der Waals surface area contributed by atoms with Crippen LogP contribution in [0.4, 0.5) is 0 Å². The number of ketones is 2. The van der Waals surface area contributed by atoms with Crippen molar-refractivity contribution in [3.63, 3.8) is 0 Å². The van der Waals surface area contributed by atoms with Crippen LogP contribution in [0, 0.1) is 6.92 Å². The summed E-state index contributed by atoms with van der Waals surface area (Å²) in [6.07, 6.45) is 1.62. The summed E-state index contributed by atoms with van der Waals surface area (Å²) in [7, 11) is 0. The van der Waals surface area contributed by atoms with Crippen LogP contribution in [0.5, 0.6) is 17.2 Å². The number of hydrogen-bond donors (Lipinski definition) is 0. The smallest absolute Gasteiger partial charge is 0.231 e. The van der Waals surface area contributed by atoms with Crippen LogP contribution in [-0.4, -0.2) is 25.0 Å². The SMILES string of the molecule is CC(=O)COc1ccc2c(c1C)O/C(=C\c1cc(Cl)cc3c1OCOC3)C2=O. The van der Waals surface area contributed by atoms with Gasteiger partial charge in [-0.05, 0) is 44.2 Å². The number of carbonyl (C=O) groups excluding carboxylic acids is 2. The molecule has 0 atom stereocenters. The molecular weight excluding hydrogens is 384 g/mol. The Hall–Kier alpha value is -2.83. The summed E-state index contributed by atoms with van der Waals surface area (Å²) in [5.41, 5.74) is 2.56. The highest BCUT2D eigenvalue weighted by Crippen LogP contribution is 2.40. The quantitative estimate of drug-likeness (QED) is 0.719. The van der Waals surface area contributed by atoms with Crippen molar-refractivity contribution in [1.29, 1.82) is 0 Å². The van der Waals surface area contributed by atoms with Crippen LogP contribution in [0.25, 0.3) is 6.08 Å². The fourth-order valence-corrected chi connectivity index (χ4v) is 3.41. The fourth-order valence-electron chi connectivity index (χ4n) is 3.16. The predicted molar refractivity (Wildman–Crippen MR) is 102 cm³/mol. The number of halogens is 1. The Morgan fingerprint density at radius 3 is 2.89 bits per heavy atom. The highest BCUT2D eigenvalue weighted by molar-refractivity contribution is 6.31. The van der Waals surface area contributed by atoms with E-state index in [-0.39, 0.29) is 30.7 Å². The molecule has 2 aromatic rings.